The van der Waals surface area contributed by atoms with Crippen molar-refractivity contribution in [3.05, 3.63) is 65.2 Å². The predicted octanol–water partition coefficient (Wildman–Crippen LogP) is 4.07. The first-order valence-corrected chi connectivity index (χ1v) is 13.8. The molecule has 8 heteroatoms. The number of sulfonamides is 1. The predicted molar refractivity (Wildman–Crippen MR) is 142 cm³/mol. The van der Waals surface area contributed by atoms with Crippen LogP contribution in [0.2, 0.25) is 0 Å². The summed E-state index contributed by atoms with van der Waals surface area (Å²) in [5.41, 5.74) is 3.43. The van der Waals surface area contributed by atoms with Crippen LogP contribution in [0, 0.1) is 12.8 Å². The lowest BCUT2D eigenvalue weighted by atomic mass is 10.0. The number of anilines is 1. The minimum atomic E-state index is -3.74. The Bertz CT molecular complexity index is 1090. The van der Waals surface area contributed by atoms with Crippen LogP contribution in [-0.2, 0) is 26.2 Å². The van der Waals surface area contributed by atoms with E-state index in [1.54, 1.807) is 19.1 Å². The Balaban J connectivity index is 2.35. The van der Waals surface area contributed by atoms with Gasteiger partial charge < -0.3 is 10.2 Å². The van der Waals surface area contributed by atoms with E-state index >= 15 is 0 Å². The fourth-order valence-electron chi connectivity index (χ4n) is 3.56. The second kappa shape index (κ2) is 12.2. The topological polar surface area (TPSA) is 86.8 Å². The maximum absolute atomic E-state index is 13.5. The highest BCUT2D eigenvalue weighted by atomic mass is 32.2. The lowest BCUT2D eigenvalue weighted by molar-refractivity contribution is -0.139. The van der Waals surface area contributed by atoms with E-state index in [0.29, 0.717) is 18.2 Å². The molecule has 2 aromatic rings. The fourth-order valence-corrected chi connectivity index (χ4v) is 4.41. The van der Waals surface area contributed by atoms with E-state index in [2.05, 4.69) is 19.2 Å². The highest BCUT2D eigenvalue weighted by Crippen LogP contribution is 2.23. The van der Waals surface area contributed by atoms with Gasteiger partial charge in [0.15, 0.2) is 0 Å². The van der Waals surface area contributed by atoms with Crippen LogP contribution < -0.4 is 9.62 Å². The minimum absolute atomic E-state index is 0.194. The first-order valence-electron chi connectivity index (χ1n) is 12.0. The number of hydrogen-bond acceptors (Lipinski definition) is 4. The third-order valence-corrected chi connectivity index (χ3v) is 6.99. The average Bonchev–Trinajstić information content (AvgIpc) is 2.79. The molecule has 0 fully saturated rings. The van der Waals surface area contributed by atoms with Crippen molar-refractivity contribution in [1.29, 1.82) is 0 Å². The summed E-state index contributed by atoms with van der Waals surface area (Å²) in [6, 6.07) is 14.1. The molecule has 0 bridgehead atoms. The number of carbonyl (C=O) groups is 2. The van der Waals surface area contributed by atoms with Crippen LogP contribution in [0.15, 0.2) is 48.5 Å². The van der Waals surface area contributed by atoms with Crippen LogP contribution in [0.4, 0.5) is 5.69 Å². The molecule has 7 nitrogen and oxygen atoms in total. The molecule has 1 unspecified atom stereocenters. The summed E-state index contributed by atoms with van der Waals surface area (Å²) in [4.78, 5) is 27.8. The van der Waals surface area contributed by atoms with Crippen LogP contribution in [0.5, 0.6) is 0 Å². The number of rotatable bonds is 11. The standard InChI is InChI=1S/C27H39N3O4S/c1-19(2)16-28-27(32)22(6)29(17-23-10-8-21(5)9-11-23)26(31)18-30(35(7,33)34)25-14-12-24(13-15-25)20(3)4/h8-15,19-20,22H,16-18H2,1-7H3,(H,28,32). The average molecular weight is 502 g/mol. The van der Waals surface area contributed by atoms with Crippen molar-refractivity contribution >= 4 is 27.5 Å². The van der Waals surface area contributed by atoms with Gasteiger partial charge in [0.1, 0.15) is 12.6 Å². The molecule has 2 amide bonds. The first-order chi connectivity index (χ1) is 16.3. The Hall–Kier alpha value is -2.87. The second-order valence-corrected chi connectivity index (χ2v) is 11.7. The molecule has 1 N–H and O–H groups in total. The van der Waals surface area contributed by atoms with Crippen molar-refractivity contribution in [3.63, 3.8) is 0 Å². The van der Waals surface area contributed by atoms with Gasteiger partial charge in [-0.3, -0.25) is 13.9 Å². The van der Waals surface area contributed by atoms with Crippen molar-refractivity contribution in [2.75, 3.05) is 23.7 Å². The Morgan fingerprint density at radius 2 is 1.49 bits per heavy atom. The number of carbonyl (C=O) groups excluding carboxylic acids is 2. The van der Waals surface area contributed by atoms with Crippen molar-refractivity contribution in [3.8, 4) is 0 Å². The minimum Gasteiger partial charge on any atom is -0.354 e. The summed E-state index contributed by atoms with van der Waals surface area (Å²) in [7, 11) is -3.74. The summed E-state index contributed by atoms with van der Waals surface area (Å²) in [5.74, 6) is -0.156. The summed E-state index contributed by atoms with van der Waals surface area (Å²) < 4.78 is 26.4. The lowest BCUT2D eigenvalue weighted by Crippen LogP contribution is -2.51. The number of aryl methyl sites for hydroxylation is 1. The zero-order valence-corrected chi connectivity index (χ0v) is 22.7. The Morgan fingerprint density at radius 3 is 1.97 bits per heavy atom. The van der Waals surface area contributed by atoms with E-state index in [4.69, 9.17) is 0 Å². The molecule has 2 rings (SSSR count). The van der Waals surface area contributed by atoms with E-state index in [0.717, 1.165) is 27.3 Å². The molecule has 0 aliphatic carbocycles. The van der Waals surface area contributed by atoms with Crippen LogP contribution in [0.25, 0.3) is 0 Å². The van der Waals surface area contributed by atoms with Gasteiger partial charge in [-0.05, 0) is 48.9 Å². The molecule has 0 aliphatic heterocycles. The quantitative estimate of drug-likeness (QED) is 0.503. The molecule has 0 heterocycles. The number of nitrogens with one attached hydrogen (secondary N) is 1. The van der Waals surface area contributed by atoms with E-state index < -0.39 is 28.5 Å². The normalized spacial score (nSPS) is 12.5. The van der Waals surface area contributed by atoms with Crippen molar-refractivity contribution < 1.29 is 18.0 Å². The third-order valence-electron chi connectivity index (χ3n) is 5.85. The lowest BCUT2D eigenvalue weighted by Gasteiger charge is -2.31. The Morgan fingerprint density at radius 1 is 0.914 bits per heavy atom. The number of hydrogen-bond donors (Lipinski definition) is 1. The molecular weight excluding hydrogens is 462 g/mol. The van der Waals surface area contributed by atoms with Crippen molar-refractivity contribution in [2.45, 2.75) is 60.0 Å². The van der Waals surface area contributed by atoms with Gasteiger partial charge in [-0.2, -0.15) is 0 Å². The van der Waals surface area contributed by atoms with E-state index in [1.165, 1.54) is 4.90 Å². The zero-order chi connectivity index (χ0) is 26.3. The van der Waals surface area contributed by atoms with E-state index in [1.807, 2.05) is 57.2 Å². The van der Waals surface area contributed by atoms with E-state index in [9.17, 15) is 18.0 Å². The monoisotopic (exact) mass is 501 g/mol. The number of nitrogens with zero attached hydrogens (tertiary/aromatic N) is 2. The summed E-state index contributed by atoms with van der Waals surface area (Å²) in [6.45, 7) is 12.0. The fraction of sp³-hybridized carbons (Fsp3) is 0.481. The molecular formula is C27H39N3O4S. The summed E-state index contributed by atoms with van der Waals surface area (Å²) in [6.07, 6.45) is 1.08. The smallest absolute Gasteiger partial charge is 0.244 e. The van der Waals surface area contributed by atoms with Gasteiger partial charge in [0, 0.05) is 13.1 Å². The van der Waals surface area contributed by atoms with Crippen LogP contribution in [0.3, 0.4) is 0 Å². The third kappa shape index (κ3) is 8.38. The van der Waals surface area contributed by atoms with Crippen molar-refractivity contribution in [2.24, 2.45) is 5.92 Å². The summed E-state index contributed by atoms with van der Waals surface area (Å²) in [5, 5.41) is 2.88. The largest absolute Gasteiger partial charge is 0.354 e. The van der Waals surface area contributed by atoms with Gasteiger partial charge in [-0.15, -0.1) is 0 Å². The molecule has 0 saturated carbocycles. The maximum Gasteiger partial charge on any atom is 0.244 e. The SMILES string of the molecule is Cc1ccc(CN(C(=O)CN(c2ccc(C(C)C)cc2)S(C)(=O)=O)C(C)C(=O)NCC(C)C)cc1. The van der Waals surface area contributed by atoms with Gasteiger partial charge in [0.2, 0.25) is 21.8 Å². The molecule has 0 radical (unpaired) electrons. The van der Waals surface area contributed by atoms with Crippen LogP contribution in [0.1, 0.15) is 57.2 Å². The van der Waals surface area contributed by atoms with Crippen LogP contribution in [-0.4, -0.2) is 50.5 Å². The highest BCUT2D eigenvalue weighted by Gasteiger charge is 2.30. The maximum atomic E-state index is 13.5. The molecule has 0 saturated heterocycles. The van der Waals surface area contributed by atoms with Gasteiger partial charge in [0.05, 0.1) is 11.9 Å². The van der Waals surface area contributed by atoms with E-state index in [-0.39, 0.29) is 18.4 Å². The molecule has 0 aromatic heterocycles. The second-order valence-electron chi connectivity index (χ2n) is 9.84. The number of amides is 2. The van der Waals surface area contributed by atoms with Gasteiger partial charge in [0.25, 0.3) is 0 Å². The van der Waals surface area contributed by atoms with Gasteiger partial charge in [-0.25, -0.2) is 8.42 Å². The molecule has 0 aliphatic rings. The Kier molecular flexibility index (Phi) is 9.89. The van der Waals surface area contributed by atoms with Gasteiger partial charge >= 0.3 is 0 Å². The Labute approximate surface area is 210 Å². The molecule has 192 valence electrons. The van der Waals surface area contributed by atoms with Crippen LogP contribution >= 0.6 is 0 Å². The molecule has 35 heavy (non-hydrogen) atoms. The molecule has 1 atom stereocenters. The first kappa shape index (κ1) is 28.4. The zero-order valence-electron chi connectivity index (χ0n) is 21.9. The summed E-state index contributed by atoms with van der Waals surface area (Å²) >= 11 is 0. The highest BCUT2D eigenvalue weighted by molar-refractivity contribution is 7.92. The van der Waals surface area contributed by atoms with Gasteiger partial charge in [-0.1, -0.05) is 69.7 Å². The molecule has 0 spiro atoms. The van der Waals surface area contributed by atoms with Crippen molar-refractivity contribution in [1.82, 2.24) is 10.2 Å². The number of benzene rings is 2. The molecule has 2 aromatic carbocycles.